The Morgan fingerprint density at radius 2 is 1.59 bits per heavy atom. The molecular weight excluding hydrogens is 280 g/mol. The van der Waals surface area contributed by atoms with Crippen molar-refractivity contribution in [1.29, 1.82) is 0 Å². The summed E-state index contributed by atoms with van der Waals surface area (Å²) in [6.07, 6.45) is -0.734. The molecule has 0 bridgehead atoms. The monoisotopic (exact) mass is 302 g/mol. The van der Waals surface area contributed by atoms with Gasteiger partial charge in [-0.15, -0.1) is 5.10 Å². The molecule has 1 N–H and O–H groups in total. The van der Waals surface area contributed by atoms with E-state index in [1.807, 2.05) is 45.9 Å². The molecule has 0 radical (unpaired) electrons. The van der Waals surface area contributed by atoms with E-state index in [9.17, 15) is 5.11 Å². The van der Waals surface area contributed by atoms with Gasteiger partial charge in [-0.1, -0.05) is 18.2 Å². The fourth-order valence-electron chi connectivity index (χ4n) is 2.03. The molecule has 0 amide bonds. The molecule has 0 aliphatic carbocycles. The molecule has 22 heavy (non-hydrogen) atoms. The number of aryl methyl sites for hydroxylation is 4. The lowest BCUT2D eigenvalue weighted by atomic mass is 10.1. The number of aliphatic hydroxyl groups excluding tert-OH is 1. The van der Waals surface area contributed by atoms with Gasteiger partial charge in [0, 0.05) is 6.07 Å². The topological polar surface area (TPSA) is 64.5 Å². The summed E-state index contributed by atoms with van der Waals surface area (Å²) in [5.74, 6) is 1.22. The maximum absolute atomic E-state index is 9.98. The predicted molar refractivity (Wildman–Crippen MR) is 84.4 cm³/mol. The Labute approximate surface area is 130 Å². The van der Waals surface area contributed by atoms with Crippen LogP contribution in [0.5, 0.6) is 11.6 Å². The van der Waals surface area contributed by atoms with Crippen LogP contribution in [0.4, 0.5) is 0 Å². The Balaban J connectivity index is 1.85. The van der Waals surface area contributed by atoms with Gasteiger partial charge in [-0.05, 0) is 44.4 Å². The molecule has 0 spiro atoms. The molecule has 118 valence electrons. The second-order valence-electron chi connectivity index (χ2n) is 5.45. The van der Waals surface area contributed by atoms with E-state index in [1.165, 1.54) is 0 Å². The van der Waals surface area contributed by atoms with Crippen molar-refractivity contribution in [2.75, 3.05) is 13.2 Å². The summed E-state index contributed by atoms with van der Waals surface area (Å²) >= 11 is 0. The lowest BCUT2D eigenvalue weighted by Gasteiger charge is -2.16. The van der Waals surface area contributed by atoms with E-state index in [0.717, 1.165) is 28.1 Å². The Kier molecular flexibility index (Phi) is 5.33. The number of nitrogens with zero attached hydrogens (tertiary/aromatic N) is 2. The van der Waals surface area contributed by atoms with Crippen LogP contribution in [-0.4, -0.2) is 34.6 Å². The molecule has 0 saturated carbocycles. The molecular formula is C17H22N2O3. The van der Waals surface area contributed by atoms with E-state index >= 15 is 0 Å². The van der Waals surface area contributed by atoms with Gasteiger partial charge < -0.3 is 14.6 Å². The fourth-order valence-corrected chi connectivity index (χ4v) is 2.03. The number of hydrogen-bond acceptors (Lipinski definition) is 5. The van der Waals surface area contributed by atoms with E-state index in [1.54, 1.807) is 6.07 Å². The average molecular weight is 302 g/mol. The maximum Gasteiger partial charge on any atom is 0.233 e. The molecule has 5 heteroatoms. The normalized spacial score (nSPS) is 12.0. The Hall–Kier alpha value is -2.14. The number of aromatic nitrogens is 2. The zero-order chi connectivity index (χ0) is 16.1. The van der Waals surface area contributed by atoms with Crippen molar-refractivity contribution in [2.45, 2.75) is 33.8 Å². The largest absolute Gasteiger partial charge is 0.490 e. The molecule has 0 saturated heterocycles. The highest BCUT2D eigenvalue weighted by molar-refractivity contribution is 5.39. The lowest BCUT2D eigenvalue weighted by Crippen LogP contribution is -2.25. The summed E-state index contributed by atoms with van der Waals surface area (Å²) in [6.45, 7) is 8.08. The van der Waals surface area contributed by atoms with Gasteiger partial charge in [0.25, 0.3) is 0 Å². The minimum atomic E-state index is -0.734. The number of para-hydroxylation sites is 1. The predicted octanol–water partition coefficient (Wildman–Crippen LogP) is 2.53. The van der Waals surface area contributed by atoms with Gasteiger partial charge >= 0.3 is 0 Å². The number of hydrogen-bond donors (Lipinski definition) is 1. The van der Waals surface area contributed by atoms with Gasteiger partial charge in [-0.2, -0.15) is 5.10 Å². The van der Waals surface area contributed by atoms with E-state index in [-0.39, 0.29) is 13.2 Å². The third kappa shape index (κ3) is 4.18. The second-order valence-corrected chi connectivity index (χ2v) is 5.45. The van der Waals surface area contributed by atoms with Crippen molar-refractivity contribution in [3.8, 4) is 11.6 Å². The molecule has 5 nitrogen and oxygen atoms in total. The van der Waals surface area contributed by atoms with Crippen LogP contribution >= 0.6 is 0 Å². The lowest BCUT2D eigenvalue weighted by molar-refractivity contribution is 0.0601. The Morgan fingerprint density at radius 3 is 2.23 bits per heavy atom. The van der Waals surface area contributed by atoms with E-state index in [4.69, 9.17) is 9.47 Å². The highest BCUT2D eigenvalue weighted by atomic mass is 16.5. The van der Waals surface area contributed by atoms with Gasteiger partial charge in [0.15, 0.2) is 0 Å². The molecule has 1 heterocycles. The van der Waals surface area contributed by atoms with Gasteiger partial charge in [0.2, 0.25) is 5.88 Å². The second kappa shape index (κ2) is 7.22. The van der Waals surface area contributed by atoms with Crippen LogP contribution in [0.1, 0.15) is 22.4 Å². The molecule has 0 aliphatic rings. The third-order valence-electron chi connectivity index (χ3n) is 3.46. The standard InChI is InChI=1S/C17H22N2O3/c1-11-6-5-7-12(2)17(11)22-10-15(20)9-21-16-8-13(3)14(4)18-19-16/h5-8,15,20H,9-10H2,1-4H3. The SMILES string of the molecule is Cc1cc(OCC(O)COc2c(C)cccc2C)nnc1C. The molecule has 1 aromatic heterocycles. The summed E-state index contributed by atoms with van der Waals surface area (Å²) in [6, 6.07) is 7.75. The average Bonchev–Trinajstić information content (AvgIpc) is 2.48. The molecule has 2 rings (SSSR count). The minimum absolute atomic E-state index is 0.113. The van der Waals surface area contributed by atoms with Crippen LogP contribution in [0.2, 0.25) is 0 Å². The number of aliphatic hydroxyl groups is 1. The van der Waals surface area contributed by atoms with Crippen molar-refractivity contribution < 1.29 is 14.6 Å². The van der Waals surface area contributed by atoms with Gasteiger partial charge in [0.05, 0.1) is 5.69 Å². The molecule has 1 unspecified atom stereocenters. The third-order valence-corrected chi connectivity index (χ3v) is 3.46. The summed E-state index contributed by atoms with van der Waals surface area (Å²) in [4.78, 5) is 0. The van der Waals surface area contributed by atoms with E-state index in [2.05, 4.69) is 10.2 Å². The number of ether oxygens (including phenoxy) is 2. The quantitative estimate of drug-likeness (QED) is 0.888. The highest BCUT2D eigenvalue weighted by Crippen LogP contribution is 2.22. The van der Waals surface area contributed by atoms with E-state index < -0.39 is 6.10 Å². The van der Waals surface area contributed by atoms with E-state index in [0.29, 0.717) is 5.88 Å². The van der Waals surface area contributed by atoms with Crippen molar-refractivity contribution >= 4 is 0 Å². The molecule has 0 fully saturated rings. The molecule has 1 atom stereocenters. The Bertz CT molecular complexity index is 624. The zero-order valence-electron chi connectivity index (χ0n) is 13.5. The van der Waals surface area contributed by atoms with Gasteiger partial charge in [-0.3, -0.25) is 0 Å². The van der Waals surface area contributed by atoms with Crippen LogP contribution in [0.3, 0.4) is 0 Å². The van der Waals surface area contributed by atoms with Crippen LogP contribution in [0.15, 0.2) is 24.3 Å². The minimum Gasteiger partial charge on any atom is -0.490 e. The van der Waals surface area contributed by atoms with Crippen LogP contribution in [0, 0.1) is 27.7 Å². The van der Waals surface area contributed by atoms with Crippen molar-refractivity contribution in [2.24, 2.45) is 0 Å². The Morgan fingerprint density at radius 1 is 0.955 bits per heavy atom. The first-order chi connectivity index (χ1) is 10.5. The van der Waals surface area contributed by atoms with Crippen molar-refractivity contribution in [1.82, 2.24) is 10.2 Å². The summed E-state index contributed by atoms with van der Waals surface area (Å²) < 4.78 is 11.1. The first-order valence-corrected chi connectivity index (χ1v) is 7.28. The van der Waals surface area contributed by atoms with Gasteiger partial charge in [0.1, 0.15) is 25.1 Å². The summed E-state index contributed by atoms with van der Waals surface area (Å²) in [5, 5.41) is 17.9. The first-order valence-electron chi connectivity index (χ1n) is 7.28. The van der Waals surface area contributed by atoms with Crippen molar-refractivity contribution in [3.05, 3.63) is 46.6 Å². The van der Waals surface area contributed by atoms with Crippen LogP contribution in [-0.2, 0) is 0 Å². The summed E-state index contributed by atoms with van der Waals surface area (Å²) in [7, 11) is 0. The first kappa shape index (κ1) is 16.2. The van der Waals surface area contributed by atoms with Gasteiger partial charge in [-0.25, -0.2) is 0 Å². The number of rotatable bonds is 6. The molecule has 2 aromatic rings. The fraction of sp³-hybridized carbons (Fsp3) is 0.412. The molecule has 1 aromatic carbocycles. The highest BCUT2D eigenvalue weighted by Gasteiger charge is 2.10. The van der Waals surface area contributed by atoms with Crippen LogP contribution < -0.4 is 9.47 Å². The van der Waals surface area contributed by atoms with Crippen molar-refractivity contribution in [3.63, 3.8) is 0 Å². The molecule has 0 aliphatic heterocycles. The summed E-state index contributed by atoms with van der Waals surface area (Å²) in [5.41, 5.74) is 3.97. The number of benzene rings is 1. The maximum atomic E-state index is 9.98. The van der Waals surface area contributed by atoms with Crippen LogP contribution in [0.25, 0.3) is 0 Å². The zero-order valence-corrected chi connectivity index (χ0v) is 13.5. The smallest absolute Gasteiger partial charge is 0.233 e.